The summed E-state index contributed by atoms with van der Waals surface area (Å²) in [6.45, 7) is 1.60. The van der Waals surface area contributed by atoms with Crippen LogP contribution in [0.1, 0.15) is 22.5 Å². The summed E-state index contributed by atoms with van der Waals surface area (Å²) in [5, 5.41) is 4.36. The first-order valence-corrected chi connectivity index (χ1v) is 6.13. The molecule has 88 valence electrons. The number of ether oxygens (including phenoxy) is 2. The van der Waals surface area contributed by atoms with Gasteiger partial charge in [-0.2, -0.15) is 0 Å². The van der Waals surface area contributed by atoms with E-state index in [9.17, 15) is 4.79 Å². The topological polar surface area (TPSA) is 47.6 Å². The van der Waals surface area contributed by atoms with Crippen LogP contribution in [0.5, 0.6) is 0 Å². The van der Waals surface area contributed by atoms with Gasteiger partial charge < -0.3 is 14.8 Å². The van der Waals surface area contributed by atoms with Crippen molar-refractivity contribution in [1.82, 2.24) is 0 Å². The largest absolute Gasteiger partial charge is 0.465 e. The summed E-state index contributed by atoms with van der Waals surface area (Å²) < 4.78 is 10.0. The molecule has 2 rings (SSSR count). The highest BCUT2D eigenvalue weighted by atomic mass is 32.1. The lowest BCUT2D eigenvalue weighted by molar-refractivity contribution is 0.0606. The molecule has 2 heterocycles. The van der Waals surface area contributed by atoms with E-state index in [1.165, 1.54) is 18.4 Å². The standard InChI is InChI=1S/C11H15NO3S/c1-14-11(13)9-4-5-10(16-9)12-8-3-2-6-15-7-8/h4-5,8,12H,2-3,6-7H2,1H3. The smallest absolute Gasteiger partial charge is 0.348 e. The van der Waals surface area contributed by atoms with Gasteiger partial charge >= 0.3 is 5.97 Å². The molecule has 0 radical (unpaired) electrons. The summed E-state index contributed by atoms with van der Waals surface area (Å²) >= 11 is 1.42. The van der Waals surface area contributed by atoms with Gasteiger partial charge in [-0.3, -0.25) is 0 Å². The molecule has 1 aromatic rings. The molecule has 1 saturated heterocycles. The Hall–Kier alpha value is -1.07. The fourth-order valence-corrected chi connectivity index (χ4v) is 2.58. The molecular weight excluding hydrogens is 226 g/mol. The third-order valence-corrected chi connectivity index (χ3v) is 3.50. The van der Waals surface area contributed by atoms with E-state index in [1.807, 2.05) is 6.07 Å². The molecular formula is C11H15NO3S. The molecule has 0 saturated carbocycles. The number of hydrogen-bond acceptors (Lipinski definition) is 5. The fraction of sp³-hybridized carbons (Fsp3) is 0.545. The number of thiophene rings is 1. The second-order valence-electron chi connectivity index (χ2n) is 3.71. The first-order chi connectivity index (χ1) is 7.79. The lowest BCUT2D eigenvalue weighted by Gasteiger charge is -2.23. The number of nitrogens with one attached hydrogen (secondary N) is 1. The van der Waals surface area contributed by atoms with Crippen molar-refractivity contribution in [2.75, 3.05) is 25.6 Å². The van der Waals surface area contributed by atoms with Crippen molar-refractivity contribution < 1.29 is 14.3 Å². The van der Waals surface area contributed by atoms with Gasteiger partial charge in [0.25, 0.3) is 0 Å². The molecule has 1 fully saturated rings. The molecule has 1 aromatic heterocycles. The zero-order valence-electron chi connectivity index (χ0n) is 9.19. The minimum absolute atomic E-state index is 0.280. The SMILES string of the molecule is COC(=O)c1ccc(NC2CCCOC2)s1. The molecule has 5 heteroatoms. The molecule has 1 aliphatic heterocycles. The Labute approximate surface area is 98.6 Å². The second-order valence-corrected chi connectivity index (χ2v) is 4.80. The maximum atomic E-state index is 11.3. The molecule has 0 bridgehead atoms. The third-order valence-electron chi connectivity index (χ3n) is 2.50. The van der Waals surface area contributed by atoms with Crippen molar-refractivity contribution in [2.45, 2.75) is 18.9 Å². The van der Waals surface area contributed by atoms with Crippen LogP contribution in [0.4, 0.5) is 5.00 Å². The highest BCUT2D eigenvalue weighted by Gasteiger charge is 2.15. The van der Waals surface area contributed by atoms with Crippen molar-refractivity contribution >= 4 is 22.3 Å². The first kappa shape index (κ1) is 11.4. The van der Waals surface area contributed by atoms with Gasteiger partial charge in [0.15, 0.2) is 0 Å². The lowest BCUT2D eigenvalue weighted by Crippen LogP contribution is -2.29. The zero-order valence-corrected chi connectivity index (χ0v) is 10.0. The van der Waals surface area contributed by atoms with Crippen LogP contribution in [0.15, 0.2) is 12.1 Å². The van der Waals surface area contributed by atoms with Crippen LogP contribution in [0.3, 0.4) is 0 Å². The minimum Gasteiger partial charge on any atom is -0.465 e. The molecule has 0 amide bonds. The number of rotatable bonds is 3. The highest BCUT2D eigenvalue weighted by molar-refractivity contribution is 7.17. The van der Waals surface area contributed by atoms with E-state index in [2.05, 4.69) is 10.1 Å². The Morgan fingerprint density at radius 2 is 2.50 bits per heavy atom. The van der Waals surface area contributed by atoms with Crippen LogP contribution in [0, 0.1) is 0 Å². The van der Waals surface area contributed by atoms with Crippen LogP contribution in [-0.4, -0.2) is 32.3 Å². The summed E-state index contributed by atoms with van der Waals surface area (Å²) in [4.78, 5) is 11.9. The van der Waals surface area contributed by atoms with Crippen molar-refractivity contribution in [3.8, 4) is 0 Å². The number of anilines is 1. The van der Waals surface area contributed by atoms with Crippen LogP contribution >= 0.6 is 11.3 Å². The van der Waals surface area contributed by atoms with E-state index in [0.717, 1.165) is 31.1 Å². The Bertz CT molecular complexity index is 358. The van der Waals surface area contributed by atoms with Gasteiger partial charge in [-0.05, 0) is 25.0 Å². The number of methoxy groups -OCH3 is 1. The average Bonchev–Trinajstić information content (AvgIpc) is 2.78. The predicted octanol–water partition coefficient (Wildman–Crippen LogP) is 2.13. The molecule has 4 nitrogen and oxygen atoms in total. The van der Waals surface area contributed by atoms with Crippen LogP contribution in [0.25, 0.3) is 0 Å². The number of hydrogen-bond donors (Lipinski definition) is 1. The Balaban J connectivity index is 1.94. The van der Waals surface area contributed by atoms with Crippen LogP contribution in [0.2, 0.25) is 0 Å². The van der Waals surface area contributed by atoms with Gasteiger partial charge in [0, 0.05) is 6.61 Å². The summed E-state index contributed by atoms with van der Waals surface area (Å²) in [5.74, 6) is -0.280. The molecule has 0 aromatic carbocycles. The van der Waals surface area contributed by atoms with Crippen molar-refractivity contribution in [2.24, 2.45) is 0 Å². The highest BCUT2D eigenvalue weighted by Crippen LogP contribution is 2.24. The van der Waals surface area contributed by atoms with Gasteiger partial charge in [0.2, 0.25) is 0 Å². The number of carbonyl (C=O) groups is 1. The Morgan fingerprint density at radius 1 is 1.62 bits per heavy atom. The quantitative estimate of drug-likeness (QED) is 0.823. The number of carbonyl (C=O) groups excluding carboxylic acids is 1. The van der Waals surface area contributed by atoms with E-state index in [1.54, 1.807) is 6.07 Å². The fourth-order valence-electron chi connectivity index (χ4n) is 1.68. The molecule has 1 unspecified atom stereocenters. The van der Waals surface area contributed by atoms with Crippen molar-refractivity contribution in [3.63, 3.8) is 0 Å². The van der Waals surface area contributed by atoms with E-state index in [4.69, 9.17) is 4.74 Å². The van der Waals surface area contributed by atoms with Crippen LogP contribution < -0.4 is 5.32 Å². The van der Waals surface area contributed by atoms with E-state index >= 15 is 0 Å². The van der Waals surface area contributed by atoms with Gasteiger partial charge in [0.05, 0.1) is 24.8 Å². The summed E-state index contributed by atoms with van der Waals surface area (Å²) in [6, 6.07) is 4.05. The van der Waals surface area contributed by atoms with E-state index < -0.39 is 0 Å². The summed E-state index contributed by atoms with van der Waals surface area (Å²) in [5.41, 5.74) is 0. The van der Waals surface area contributed by atoms with Crippen molar-refractivity contribution in [1.29, 1.82) is 0 Å². The van der Waals surface area contributed by atoms with E-state index in [-0.39, 0.29) is 5.97 Å². The third kappa shape index (κ3) is 2.74. The maximum absolute atomic E-state index is 11.3. The minimum atomic E-state index is -0.280. The average molecular weight is 241 g/mol. The summed E-state index contributed by atoms with van der Waals surface area (Å²) in [7, 11) is 1.39. The second kappa shape index (κ2) is 5.32. The monoisotopic (exact) mass is 241 g/mol. The summed E-state index contributed by atoms with van der Waals surface area (Å²) in [6.07, 6.45) is 2.21. The molecule has 1 aliphatic rings. The van der Waals surface area contributed by atoms with Crippen LogP contribution in [-0.2, 0) is 9.47 Å². The maximum Gasteiger partial charge on any atom is 0.348 e. The van der Waals surface area contributed by atoms with Gasteiger partial charge in [0.1, 0.15) is 4.88 Å². The molecule has 0 spiro atoms. The van der Waals surface area contributed by atoms with Gasteiger partial charge in [-0.15, -0.1) is 11.3 Å². The van der Waals surface area contributed by atoms with Crippen molar-refractivity contribution in [3.05, 3.63) is 17.0 Å². The predicted molar refractivity (Wildman–Crippen MR) is 63.1 cm³/mol. The lowest BCUT2D eigenvalue weighted by atomic mass is 10.1. The van der Waals surface area contributed by atoms with Gasteiger partial charge in [-0.1, -0.05) is 0 Å². The molecule has 0 aliphatic carbocycles. The van der Waals surface area contributed by atoms with E-state index in [0.29, 0.717) is 10.9 Å². The molecule has 1 N–H and O–H groups in total. The Morgan fingerprint density at radius 3 is 3.19 bits per heavy atom. The Kier molecular flexibility index (Phi) is 3.79. The first-order valence-electron chi connectivity index (χ1n) is 5.32. The zero-order chi connectivity index (χ0) is 11.4. The molecule has 16 heavy (non-hydrogen) atoms. The number of esters is 1. The molecule has 1 atom stereocenters. The van der Waals surface area contributed by atoms with Gasteiger partial charge in [-0.25, -0.2) is 4.79 Å². The normalized spacial score (nSPS) is 20.4.